The van der Waals surface area contributed by atoms with Gasteiger partial charge in [0.15, 0.2) is 0 Å². The summed E-state index contributed by atoms with van der Waals surface area (Å²) in [7, 11) is 0. The molecule has 1 unspecified atom stereocenters. The van der Waals surface area contributed by atoms with E-state index in [1.807, 2.05) is 22.8 Å². The molecule has 0 saturated heterocycles. The quantitative estimate of drug-likeness (QED) is 0.499. The van der Waals surface area contributed by atoms with Crippen molar-refractivity contribution in [3.8, 4) is 5.75 Å². The fourth-order valence-electron chi connectivity index (χ4n) is 5.41. The SMILES string of the molecule is OCn1c2c(c3ccccc31)CC1c3cc(OCc4ccccc4F)ccc3CCN1C2. The second kappa shape index (κ2) is 7.76. The molecule has 0 aliphatic carbocycles. The molecule has 4 nitrogen and oxygen atoms in total. The molecular weight excluding hydrogens is 403 g/mol. The summed E-state index contributed by atoms with van der Waals surface area (Å²) in [5.41, 5.74) is 6.88. The fraction of sp³-hybridized carbons (Fsp3) is 0.259. The van der Waals surface area contributed by atoms with E-state index < -0.39 is 0 Å². The van der Waals surface area contributed by atoms with Crippen molar-refractivity contribution < 1.29 is 14.2 Å². The number of aliphatic hydroxyl groups is 1. The van der Waals surface area contributed by atoms with Gasteiger partial charge < -0.3 is 14.4 Å². The zero-order valence-corrected chi connectivity index (χ0v) is 17.8. The first-order valence-corrected chi connectivity index (χ1v) is 11.2. The lowest BCUT2D eigenvalue weighted by Crippen LogP contribution is -2.39. The molecule has 6 rings (SSSR count). The summed E-state index contributed by atoms with van der Waals surface area (Å²) >= 11 is 0. The predicted molar refractivity (Wildman–Crippen MR) is 122 cm³/mol. The van der Waals surface area contributed by atoms with Crippen molar-refractivity contribution in [1.29, 1.82) is 0 Å². The molecule has 3 heterocycles. The summed E-state index contributed by atoms with van der Waals surface area (Å²) in [5.74, 6) is 0.536. The summed E-state index contributed by atoms with van der Waals surface area (Å²) in [6.45, 7) is 2.04. The second-order valence-electron chi connectivity index (χ2n) is 8.69. The maximum atomic E-state index is 14.0. The number of rotatable bonds is 4. The average Bonchev–Trinajstić information content (AvgIpc) is 3.14. The van der Waals surface area contributed by atoms with Crippen molar-refractivity contribution in [1.82, 2.24) is 9.47 Å². The van der Waals surface area contributed by atoms with Crippen LogP contribution in [0.4, 0.5) is 4.39 Å². The van der Waals surface area contributed by atoms with Gasteiger partial charge in [-0.1, -0.05) is 42.5 Å². The first kappa shape index (κ1) is 19.5. The second-order valence-corrected chi connectivity index (χ2v) is 8.69. The Morgan fingerprint density at radius 3 is 2.75 bits per heavy atom. The molecule has 0 saturated carbocycles. The predicted octanol–water partition coefficient (Wildman–Crippen LogP) is 4.96. The summed E-state index contributed by atoms with van der Waals surface area (Å²) in [6, 6.07) is 21.7. The summed E-state index contributed by atoms with van der Waals surface area (Å²) in [5, 5.41) is 11.3. The van der Waals surface area contributed by atoms with E-state index in [-0.39, 0.29) is 25.2 Å². The Hall–Kier alpha value is -3.15. The van der Waals surface area contributed by atoms with Gasteiger partial charge in [0.2, 0.25) is 0 Å². The molecule has 2 aliphatic rings. The third-order valence-electron chi connectivity index (χ3n) is 7.02. The van der Waals surface area contributed by atoms with Crippen LogP contribution in [0.5, 0.6) is 5.75 Å². The first-order valence-electron chi connectivity index (χ1n) is 11.2. The Balaban J connectivity index is 1.34. The minimum Gasteiger partial charge on any atom is -0.489 e. The highest BCUT2D eigenvalue weighted by atomic mass is 19.1. The maximum absolute atomic E-state index is 14.0. The van der Waals surface area contributed by atoms with Crippen LogP contribution in [-0.4, -0.2) is 21.1 Å². The smallest absolute Gasteiger partial charge is 0.129 e. The molecule has 1 N–H and O–H groups in total. The van der Waals surface area contributed by atoms with Gasteiger partial charge in [-0.2, -0.15) is 0 Å². The van der Waals surface area contributed by atoms with Gasteiger partial charge in [-0.05, 0) is 53.8 Å². The Kier molecular flexibility index (Phi) is 4.74. The molecule has 1 aromatic heterocycles. The number of nitrogens with zero attached hydrogens (tertiary/aromatic N) is 2. The van der Waals surface area contributed by atoms with E-state index >= 15 is 0 Å². The van der Waals surface area contributed by atoms with Crippen LogP contribution in [0.25, 0.3) is 10.9 Å². The summed E-state index contributed by atoms with van der Waals surface area (Å²) in [4.78, 5) is 2.51. The number of halogens is 1. The molecular formula is C27H25FN2O2. The van der Waals surface area contributed by atoms with Crippen LogP contribution in [0.15, 0.2) is 66.7 Å². The number of fused-ring (bicyclic) bond motifs is 6. The van der Waals surface area contributed by atoms with Gasteiger partial charge in [-0.25, -0.2) is 4.39 Å². The number of hydrogen-bond acceptors (Lipinski definition) is 3. The van der Waals surface area contributed by atoms with Crippen molar-refractivity contribution in [2.24, 2.45) is 0 Å². The molecule has 162 valence electrons. The lowest BCUT2D eigenvalue weighted by Gasteiger charge is -2.41. The van der Waals surface area contributed by atoms with Crippen LogP contribution in [0.3, 0.4) is 0 Å². The molecule has 0 radical (unpaired) electrons. The topological polar surface area (TPSA) is 37.6 Å². The monoisotopic (exact) mass is 428 g/mol. The molecule has 3 aromatic carbocycles. The molecule has 32 heavy (non-hydrogen) atoms. The lowest BCUT2D eigenvalue weighted by molar-refractivity contribution is 0.145. The number of benzene rings is 3. The Labute approximate surface area is 186 Å². The highest BCUT2D eigenvalue weighted by Crippen LogP contribution is 2.42. The summed E-state index contributed by atoms with van der Waals surface area (Å²) < 4.78 is 22.0. The Morgan fingerprint density at radius 1 is 1.03 bits per heavy atom. The molecule has 5 heteroatoms. The molecule has 0 spiro atoms. The molecule has 0 bridgehead atoms. The van der Waals surface area contributed by atoms with Crippen LogP contribution in [-0.2, 0) is 32.7 Å². The fourth-order valence-corrected chi connectivity index (χ4v) is 5.41. The van der Waals surface area contributed by atoms with Gasteiger partial charge in [0.25, 0.3) is 0 Å². The van der Waals surface area contributed by atoms with Crippen LogP contribution >= 0.6 is 0 Å². The third-order valence-corrected chi connectivity index (χ3v) is 7.02. The Bertz CT molecular complexity index is 1310. The van der Waals surface area contributed by atoms with Gasteiger partial charge in [0, 0.05) is 35.8 Å². The zero-order valence-electron chi connectivity index (χ0n) is 17.8. The molecule has 0 fully saturated rings. The van der Waals surface area contributed by atoms with Crippen molar-refractivity contribution in [2.75, 3.05) is 6.54 Å². The van der Waals surface area contributed by atoms with Crippen LogP contribution < -0.4 is 4.74 Å². The number of hydrogen-bond donors (Lipinski definition) is 1. The molecule has 0 amide bonds. The molecule has 4 aromatic rings. The van der Waals surface area contributed by atoms with Crippen LogP contribution in [0.1, 0.15) is 34.0 Å². The highest BCUT2D eigenvalue weighted by molar-refractivity contribution is 5.86. The van der Waals surface area contributed by atoms with Gasteiger partial charge in [-0.15, -0.1) is 0 Å². The van der Waals surface area contributed by atoms with E-state index in [2.05, 4.69) is 35.2 Å². The average molecular weight is 429 g/mol. The van der Waals surface area contributed by atoms with E-state index in [4.69, 9.17) is 4.74 Å². The van der Waals surface area contributed by atoms with E-state index in [1.54, 1.807) is 12.1 Å². The first-order chi connectivity index (χ1) is 15.7. The van der Waals surface area contributed by atoms with Gasteiger partial charge in [0.05, 0.1) is 5.52 Å². The largest absolute Gasteiger partial charge is 0.489 e. The maximum Gasteiger partial charge on any atom is 0.129 e. The number of aliphatic hydroxyl groups excluding tert-OH is 1. The molecule has 1 atom stereocenters. The number of aromatic nitrogens is 1. The van der Waals surface area contributed by atoms with Crippen molar-refractivity contribution >= 4 is 10.9 Å². The van der Waals surface area contributed by atoms with Crippen molar-refractivity contribution in [3.63, 3.8) is 0 Å². The van der Waals surface area contributed by atoms with Crippen molar-refractivity contribution in [3.05, 3.63) is 100 Å². The van der Waals surface area contributed by atoms with E-state index in [0.717, 1.165) is 37.2 Å². The van der Waals surface area contributed by atoms with Gasteiger partial charge in [0.1, 0.15) is 24.9 Å². The van der Waals surface area contributed by atoms with E-state index in [9.17, 15) is 9.50 Å². The number of ether oxygens (including phenoxy) is 1. The Morgan fingerprint density at radius 2 is 1.88 bits per heavy atom. The van der Waals surface area contributed by atoms with Crippen molar-refractivity contribution in [2.45, 2.75) is 38.8 Å². The lowest BCUT2D eigenvalue weighted by atomic mass is 9.85. The highest BCUT2D eigenvalue weighted by Gasteiger charge is 2.35. The molecule has 2 aliphatic heterocycles. The van der Waals surface area contributed by atoms with E-state index in [1.165, 1.54) is 33.8 Å². The minimum atomic E-state index is -0.239. The van der Waals surface area contributed by atoms with Crippen LogP contribution in [0, 0.1) is 5.82 Å². The van der Waals surface area contributed by atoms with E-state index in [0.29, 0.717) is 5.56 Å². The van der Waals surface area contributed by atoms with Gasteiger partial charge >= 0.3 is 0 Å². The minimum absolute atomic E-state index is 0.00102. The van der Waals surface area contributed by atoms with Crippen LogP contribution in [0.2, 0.25) is 0 Å². The van der Waals surface area contributed by atoms with Gasteiger partial charge in [-0.3, -0.25) is 4.90 Å². The standard InChI is InChI=1S/C27H25FN2O2/c28-24-7-3-1-5-19(24)16-32-20-10-9-18-11-12-29-15-27-23(14-26(29)22(18)13-20)21-6-2-4-8-25(21)30(27)17-31/h1-10,13,26,31H,11-12,14-17H2. The zero-order chi connectivity index (χ0) is 21.7. The number of para-hydroxylation sites is 1. The summed E-state index contributed by atoms with van der Waals surface area (Å²) in [6.07, 6.45) is 1.90. The third kappa shape index (κ3) is 3.12. The normalized spacial score (nSPS) is 17.6.